The summed E-state index contributed by atoms with van der Waals surface area (Å²) in [4.78, 5) is 12.2. The van der Waals surface area contributed by atoms with Gasteiger partial charge in [0.05, 0.1) is 6.04 Å². The van der Waals surface area contributed by atoms with E-state index in [1.54, 1.807) is 0 Å². The SMILES string of the molecule is C[C@@H](NC(=O)C1CC2CC2C1)c1cccc(Br)c1. The van der Waals surface area contributed by atoms with Crippen LogP contribution in [-0.2, 0) is 4.79 Å². The molecule has 3 atom stereocenters. The molecule has 2 unspecified atom stereocenters. The molecule has 0 radical (unpaired) electrons. The Hall–Kier alpha value is -0.830. The lowest BCUT2D eigenvalue weighted by Crippen LogP contribution is -2.32. The van der Waals surface area contributed by atoms with Crippen LogP contribution in [0.15, 0.2) is 28.7 Å². The van der Waals surface area contributed by atoms with Crippen molar-refractivity contribution in [2.24, 2.45) is 17.8 Å². The second-order valence-electron chi connectivity index (χ2n) is 5.71. The minimum Gasteiger partial charge on any atom is -0.349 e. The van der Waals surface area contributed by atoms with Gasteiger partial charge in [-0.2, -0.15) is 0 Å². The van der Waals surface area contributed by atoms with E-state index in [9.17, 15) is 4.79 Å². The fraction of sp³-hybridized carbons (Fsp3) is 0.533. The number of benzene rings is 1. The molecule has 2 aliphatic rings. The van der Waals surface area contributed by atoms with Gasteiger partial charge in [-0.25, -0.2) is 0 Å². The van der Waals surface area contributed by atoms with E-state index in [4.69, 9.17) is 0 Å². The molecule has 3 rings (SSSR count). The second kappa shape index (κ2) is 4.69. The van der Waals surface area contributed by atoms with Crippen LogP contribution in [-0.4, -0.2) is 5.91 Å². The summed E-state index contributed by atoms with van der Waals surface area (Å²) in [5.41, 5.74) is 1.15. The molecule has 0 spiro atoms. The van der Waals surface area contributed by atoms with E-state index in [2.05, 4.69) is 40.3 Å². The number of halogens is 1. The number of hydrogen-bond donors (Lipinski definition) is 1. The zero-order valence-electron chi connectivity index (χ0n) is 10.5. The van der Waals surface area contributed by atoms with Gasteiger partial charge in [-0.1, -0.05) is 28.1 Å². The number of fused-ring (bicyclic) bond motifs is 1. The average molecular weight is 308 g/mol. The van der Waals surface area contributed by atoms with E-state index in [-0.39, 0.29) is 17.9 Å². The summed E-state index contributed by atoms with van der Waals surface area (Å²) in [6.07, 6.45) is 3.59. The molecule has 1 amide bonds. The molecule has 2 fully saturated rings. The van der Waals surface area contributed by atoms with Crippen LogP contribution in [0.1, 0.15) is 37.8 Å². The monoisotopic (exact) mass is 307 g/mol. The molecule has 2 saturated carbocycles. The van der Waals surface area contributed by atoms with Gasteiger partial charge in [0, 0.05) is 10.4 Å². The summed E-state index contributed by atoms with van der Waals surface area (Å²) in [6, 6.07) is 8.22. The topological polar surface area (TPSA) is 29.1 Å². The second-order valence-corrected chi connectivity index (χ2v) is 6.63. The smallest absolute Gasteiger partial charge is 0.223 e. The van der Waals surface area contributed by atoms with Crippen LogP contribution in [0.2, 0.25) is 0 Å². The number of carbonyl (C=O) groups is 1. The highest BCUT2D eigenvalue weighted by Crippen LogP contribution is 2.54. The van der Waals surface area contributed by atoms with Crippen molar-refractivity contribution < 1.29 is 4.79 Å². The summed E-state index contributed by atoms with van der Waals surface area (Å²) in [5, 5.41) is 3.15. The van der Waals surface area contributed by atoms with Crippen molar-refractivity contribution in [3.63, 3.8) is 0 Å². The number of hydrogen-bond acceptors (Lipinski definition) is 1. The normalized spacial score (nSPS) is 30.7. The largest absolute Gasteiger partial charge is 0.349 e. The molecule has 1 N–H and O–H groups in total. The number of amides is 1. The first-order chi connectivity index (χ1) is 8.63. The Kier molecular flexibility index (Phi) is 3.18. The number of nitrogens with one attached hydrogen (secondary N) is 1. The highest BCUT2D eigenvalue weighted by atomic mass is 79.9. The molecule has 0 aliphatic heterocycles. The summed E-state index contributed by atoms with van der Waals surface area (Å²) >= 11 is 3.46. The fourth-order valence-electron chi connectivity index (χ4n) is 3.12. The Labute approximate surface area is 116 Å². The standard InChI is InChI=1S/C15H18BrNO/c1-9(10-3-2-4-14(16)8-10)17-15(18)13-6-11-5-12(11)7-13/h2-4,8-9,11-13H,5-7H2,1H3,(H,17,18)/t9-,11?,12?,13?/m1/s1. The maximum atomic E-state index is 12.2. The lowest BCUT2D eigenvalue weighted by atomic mass is 10.0. The van der Waals surface area contributed by atoms with Crippen molar-refractivity contribution in [2.75, 3.05) is 0 Å². The Bertz CT molecular complexity index is 463. The van der Waals surface area contributed by atoms with Crippen molar-refractivity contribution in [1.29, 1.82) is 0 Å². The van der Waals surface area contributed by atoms with Gasteiger partial charge in [-0.15, -0.1) is 0 Å². The first-order valence-corrected chi connectivity index (χ1v) is 7.48. The van der Waals surface area contributed by atoms with Gasteiger partial charge in [0.25, 0.3) is 0 Å². The van der Waals surface area contributed by atoms with Crippen LogP contribution in [0, 0.1) is 17.8 Å². The van der Waals surface area contributed by atoms with Gasteiger partial charge >= 0.3 is 0 Å². The first kappa shape index (κ1) is 12.2. The van der Waals surface area contributed by atoms with Crippen LogP contribution in [0.25, 0.3) is 0 Å². The Morgan fingerprint density at radius 2 is 2.06 bits per heavy atom. The molecule has 0 aromatic heterocycles. The molecule has 2 aliphatic carbocycles. The predicted octanol–water partition coefficient (Wildman–Crippen LogP) is 3.67. The highest BCUT2D eigenvalue weighted by molar-refractivity contribution is 9.10. The summed E-state index contributed by atoms with van der Waals surface area (Å²) in [5.74, 6) is 2.24. The van der Waals surface area contributed by atoms with Crippen LogP contribution >= 0.6 is 15.9 Å². The Morgan fingerprint density at radius 3 is 2.72 bits per heavy atom. The van der Waals surface area contributed by atoms with Crippen LogP contribution in [0.5, 0.6) is 0 Å². The zero-order valence-corrected chi connectivity index (χ0v) is 12.1. The number of carbonyl (C=O) groups excluding carboxylic acids is 1. The minimum atomic E-state index is 0.0897. The van der Waals surface area contributed by atoms with Crippen molar-refractivity contribution in [3.05, 3.63) is 34.3 Å². The van der Waals surface area contributed by atoms with Gasteiger partial charge in [-0.05, 0) is 55.7 Å². The zero-order chi connectivity index (χ0) is 12.7. The van der Waals surface area contributed by atoms with Crippen molar-refractivity contribution in [2.45, 2.75) is 32.2 Å². The van der Waals surface area contributed by atoms with Crippen molar-refractivity contribution in [3.8, 4) is 0 Å². The lowest BCUT2D eigenvalue weighted by Gasteiger charge is -2.18. The number of rotatable bonds is 3. The molecule has 0 bridgehead atoms. The minimum absolute atomic E-state index is 0.0897. The molecule has 0 saturated heterocycles. The Morgan fingerprint density at radius 1 is 1.33 bits per heavy atom. The van der Waals surface area contributed by atoms with E-state index >= 15 is 0 Å². The molecule has 1 aromatic rings. The molecular weight excluding hydrogens is 290 g/mol. The average Bonchev–Trinajstić information content (AvgIpc) is 2.96. The molecule has 3 heteroatoms. The third-order valence-corrected chi connectivity index (χ3v) is 4.82. The third-order valence-electron chi connectivity index (χ3n) is 4.32. The van der Waals surface area contributed by atoms with E-state index in [0.717, 1.165) is 34.7 Å². The van der Waals surface area contributed by atoms with E-state index in [0.29, 0.717) is 0 Å². The third kappa shape index (κ3) is 2.46. The Balaban J connectivity index is 1.60. The fourth-order valence-corrected chi connectivity index (χ4v) is 3.54. The predicted molar refractivity (Wildman–Crippen MR) is 75.0 cm³/mol. The lowest BCUT2D eigenvalue weighted by molar-refractivity contribution is -0.125. The van der Waals surface area contributed by atoms with Crippen LogP contribution < -0.4 is 5.32 Å². The van der Waals surface area contributed by atoms with Gasteiger partial charge in [-0.3, -0.25) is 4.79 Å². The van der Waals surface area contributed by atoms with Gasteiger partial charge in [0.15, 0.2) is 0 Å². The molecule has 96 valence electrons. The van der Waals surface area contributed by atoms with E-state index in [1.807, 2.05) is 12.1 Å². The summed E-state index contributed by atoms with van der Waals surface area (Å²) < 4.78 is 1.06. The molecule has 18 heavy (non-hydrogen) atoms. The highest BCUT2D eigenvalue weighted by Gasteiger charge is 2.48. The van der Waals surface area contributed by atoms with Gasteiger partial charge < -0.3 is 5.32 Å². The van der Waals surface area contributed by atoms with Crippen molar-refractivity contribution >= 4 is 21.8 Å². The molecule has 1 aromatic carbocycles. The van der Waals surface area contributed by atoms with E-state index < -0.39 is 0 Å². The molecular formula is C15H18BrNO. The van der Waals surface area contributed by atoms with E-state index in [1.165, 1.54) is 6.42 Å². The van der Waals surface area contributed by atoms with Crippen LogP contribution in [0.3, 0.4) is 0 Å². The summed E-state index contributed by atoms with van der Waals surface area (Å²) in [6.45, 7) is 2.05. The summed E-state index contributed by atoms with van der Waals surface area (Å²) in [7, 11) is 0. The maximum absolute atomic E-state index is 12.2. The van der Waals surface area contributed by atoms with Crippen molar-refractivity contribution in [1.82, 2.24) is 5.32 Å². The first-order valence-electron chi connectivity index (χ1n) is 6.69. The molecule has 2 nitrogen and oxygen atoms in total. The van der Waals surface area contributed by atoms with Crippen LogP contribution in [0.4, 0.5) is 0 Å². The van der Waals surface area contributed by atoms with Gasteiger partial charge in [0.1, 0.15) is 0 Å². The molecule has 0 heterocycles. The quantitative estimate of drug-likeness (QED) is 0.907. The van der Waals surface area contributed by atoms with Gasteiger partial charge in [0.2, 0.25) is 5.91 Å². The maximum Gasteiger partial charge on any atom is 0.223 e.